The first-order valence-electron chi connectivity index (χ1n) is 18.8. The lowest BCUT2D eigenvalue weighted by molar-refractivity contribution is 0.669. The third-order valence-corrected chi connectivity index (χ3v) is 11.5. The molecule has 5 heteroatoms. The second-order valence-corrected chi connectivity index (χ2v) is 14.5. The maximum absolute atomic E-state index is 6.50. The monoisotopic (exact) mass is 704 g/mol. The van der Waals surface area contributed by atoms with E-state index in [0.717, 1.165) is 60.9 Å². The molecule has 12 rings (SSSR count). The van der Waals surface area contributed by atoms with E-state index >= 15 is 0 Å². The van der Waals surface area contributed by atoms with Crippen LogP contribution >= 0.6 is 0 Å². The van der Waals surface area contributed by atoms with Gasteiger partial charge in [-0.15, -0.1) is 0 Å². The second kappa shape index (κ2) is 11.6. The summed E-state index contributed by atoms with van der Waals surface area (Å²) in [5.41, 5.74) is 12.8. The zero-order valence-electron chi connectivity index (χ0n) is 29.7. The largest absolute Gasteiger partial charge is 0.456 e. The van der Waals surface area contributed by atoms with E-state index in [0.29, 0.717) is 5.82 Å². The number of anilines is 2. The van der Waals surface area contributed by atoms with Crippen LogP contribution in [0.15, 0.2) is 186 Å². The Bertz CT molecular complexity index is 3210. The minimum atomic E-state index is 0.187. The Kier molecular flexibility index (Phi) is 6.39. The van der Waals surface area contributed by atoms with Gasteiger partial charge in [0.1, 0.15) is 11.2 Å². The lowest BCUT2D eigenvalue weighted by atomic mass is 9.88. The summed E-state index contributed by atoms with van der Waals surface area (Å²) in [5, 5.41) is 5.80. The van der Waals surface area contributed by atoms with Gasteiger partial charge >= 0.3 is 0 Å². The predicted octanol–water partition coefficient (Wildman–Crippen LogP) is 12.7. The molecule has 7 aromatic carbocycles. The molecule has 2 atom stereocenters. The van der Waals surface area contributed by atoms with Gasteiger partial charge in [-0.1, -0.05) is 109 Å². The van der Waals surface area contributed by atoms with Crippen molar-refractivity contribution in [2.24, 2.45) is 0 Å². The summed E-state index contributed by atoms with van der Waals surface area (Å²) in [6.07, 6.45) is 9.12. The minimum Gasteiger partial charge on any atom is -0.456 e. The highest BCUT2D eigenvalue weighted by Gasteiger charge is 2.39. The molecule has 2 aliphatic rings. The average molecular weight is 705 g/mol. The fourth-order valence-electron chi connectivity index (χ4n) is 9.12. The third kappa shape index (κ3) is 4.47. The molecule has 0 fully saturated rings. The van der Waals surface area contributed by atoms with Gasteiger partial charge in [0.15, 0.2) is 5.82 Å². The number of allylic oxidation sites excluding steroid dienone is 2. The van der Waals surface area contributed by atoms with Crippen LogP contribution in [0.5, 0.6) is 0 Å². The van der Waals surface area contributed by atoms with Gasteiger partial charge in [0.2, 0.25) is 0 Å². The second-order valence-electron chi connectivity index (χ2n) is 14.5. The number of rotatable bonds is 4. The molecule has 0 radical (unpaired) electrons. The molecular formula is C50H32N4O. The SMILES string of the molecule is C1=CC2c3c(ccc4c3c3cc5c(cc3n4-c3ccc(-c4nc(-c6ccccc6)c6ccccc6n4)cc3)oc3ccccc35)N(c3ccccc3)C2C=C1. The molecule has 5 nitrogen and oxygen atoms in total. The van der Waals surface area contributed by atoms with Gasteiger partial charge in [-0.3, -0.25) is 0 Å². The van der Waals surface area contributed by atoms with Gasteiger partial charge in [-0.2, -0.15) is 0 Å². The summed E-state index contributed by atoms with van der Waals surface area (Å²) < 4.78 is 8.91. The number of hydrogen-bond acceptors (Lipinski definition) is 4. The van der Waals surface area contributed by atoms with Crippen molar-refractivity contribution in [2.75, 3.05) is 4.90 Å². The maximum atomic E-state index is 6.50. The predicted molar refractivity (Wildman–Crippen MR) is 225 cm³/mol. The molecule has 0 spiro atoms. The Labute approximate surface area is 316 Å². The Hall–Kier alpha value is -7.24. The van der Waals surface area contributed by atoms with E-state index in [9.17, 15) is 0 Å². The Morgan fingerprint density at radius 3 is 2.11 bits per heavy atom. The number of aromatic nitrogens is 3. The number of para-hydroxylation sites is 3. The molecule has 258 valence electrons. The highest BCUT2D eigenvalue weighted by molar-refractivity contribution is 6.19. The topological polar surface area (TPSA) is 47.1 Å². The van der Waals surface area contributed by atoms with Gasteiger partial charge in [-0.25, -0.2) is 9.97 Å². The zero-order chi connectivity index (χ0) is 36.0. The number of benzene rings is 7. The van der Waals surface area contributed by atoms with Gasteiger partial charge < -0.3 is 13.9 Å². The molecule has 0 N–H and O–H groups in total. The molecule has 0 amide bonds. The number of nitrogens with zero attached hydrogens (tertiary/aromatic N) is 4. The highest BCUT2D eigenvalue weighted by Crippen LogP contribution is 2.53. The van der Waals surface area contributed by atoms with Crippen molar-refractivity contribution in [3.63, 3.8) is 0 Å². The summed E-state index contributed by atoms with van der Waals surface area (Å²) in [6.45, 7) is 0. The molecule has 1 aliphatic carbocycles. The lowest BCUT2D eigenvalue weighted by Crippen LogP contribution is -2.28. The van der Waals surface area contributed by atoms with Crippen molar-refractivity contribution in [3.05, 3.63) is 188 Å². The van der Waals surface area contributed by atoms with Crippen LogP contribution in [0.2, 0.25) is 0 Å². The van der Waals surface area contributed by atoms with Crippen molar-refractivity contribution in [1.82, 2.24) is 14.5 Å². The van der Waals surface area contributed by atoms with E-state index in [-0.39, 0.29) is 12.0 Å². The van der Waals surface area contributed by atoms with E-state index < -0.39 is 0 Å². The smallest absolute Gasteiger partial charge is 0.160 e. The van der Waals surface area contributed by atoms with Gasteiger partial charge in [0.25, 0.3) is 0 Å². The summed E-state index contributed by atoms with van der Waals surface area (Å²) in [6, 6.07) is 55.9. The molecule has 4 heterocycles. The van der Waals surface area contributed by atoms with Crippen molar-refractivity contribution < 1.29 is 4.42 Å². The number of fused-ring (bicyclic) bond motifs is 11. The van der Waals surface area contributed by atoms with Crippen LogP contribution in [0.1, 0.15) is 11.5 Å². The van der Waals surface area contributed by atoms with Crippen molar-refractivity contribution in [2.45, 2.75) is 12.0 Å². The third-order valence-electron chi connectivity index (χ3n) is 11.5. The summed E-state index contributed by atoms with van der Waals surface area (Å²) in [4.78, 5) is 12.7. The van der Waals surface area contributed by atoms with Gasteiger partial charge in [-0.05, 0) is 72.3 Å². The molecule has 0 saturated carbocycles. The first-order chi connectivity index (χ1) is 27.3. The Morgan fingerprint density at radius 1 is 0.509 bits per heavy atom. The molecule has 2 unspecified atom stereocenters. The fraction of sp³-hybridized carbons (Fsp3) is 0.0400. The number of furan rings is 1. The molecule has 55 heavy (non-hydrogen) atoms. The van der Waals surface area contributed by atoms with E-state index in [1.165, 1.54) is 33.2 Å². The highest BCUT2D eigenvalue weighted by atomic mass is 16.3. The van der Waals surface area contributed by atoms with Crippen LogP contribution in [0.4, 0.5) is 11.4 Å². The van der Waals surface area contributed by atoms with E-state index in [4.69, 9.17) is 14.4 Å². The van der Waals surface area contributed by atoms with E-state index in [1.54, 1.807) is 0 Å². The van der Waals surface area contributed by atoms with Crippen molar-refractivity contribution in [3.8, 4) is 28.3 Å². The molecular weight excluding hydrogens is 673 g/mol. The van der Waals surface area contributed by atoms with Crippen LogP contribution in [-0.2, 0) is 0 Å². The molecule has 1 aliphatic heterocycles. The van der Waals surface area contributed by atoms with Crippen LogP contribution in [-0.4, -0.2) is 20.6 Å². The van der Waals surface area contributed by atoms with Gasteiger partial charge in [0, 0.05) is 67.1 Å². The van der Waals surface area contributed by atoms with Crippen LogP contribution in [0, 0.1) is 0 Å². The number of hydrogen-bond donors (Lipinski definition) is 0. The molecule has 10 aromatic rings. The average Bonchev–Trinajstić information content (AvgIpc) is 3.90. The van der Waals surface area contributed by atoms with Crippen molar-refractivity contribution >= 4 is 66.0 Å². The van der Waals surface area contributed by atoms with Crippen LogP contribution in [0.3, 0.4) is 0 Å². The maximum Gasteiger partial charge on any atom is 0.160 e. The van der Waals surface area contributed by atoms with E-state index in [2.05, 4.69) is 167 Å². The normalized spacial score (nSPS) is 16.2. The first kappa shape index (κ1) is 30.2. The standard InChI is InChI=1S/C50H32N4O/c1-3-13-31(14-4-1)49-36-18-7-10-20-40(36)51-50(52-49)32-23-25-34(26-24-32)54-43-28-27-42-47(37-19-8-11-21-41(37)53(42)33-15-5-2-6-16-33)48(43)39-29-38-35-17-9-12-22-45(35)55-46(38)30-44(39)54/h1-30,37,41H. The zero-order valence-corrected chi connectivity index (χ0v) is 29.7. The molecule has 0 saturated heterocycles. The quantitative estimate of drug-likeness (QED) is 0.183. The van der Waals surface area contributed by atoms with Crippen molar-refractivity contribution in [1.29, 1.82) is 0 Å². The fourth-order valence-corrected chi connectivity index (χ4v) is 9.12. The lowest BCUT2D eigenvalue weighted by Gasteiger charge is -2.28. The Morgan fingerprint density at radius 2 is 1.25 bits per heavy atom. The van der Waals surface area contributed by atoms with Crippen LogP contribution in [0.25, 0.3) is 83.0 Å². The van der Waals surface area contributed by atoms with E-state index in [1.807, 2.05) is 24.3 Å². The van der Waals surface area contributed by atoms with Crippen LogP contribution < -0.4 is 4.90 Å². The van der Waals surface area contributed by atoms with Gasteiger partial charge in [0.05, 0.1) is 28.3 Å². The minimum absolute atomic E-state index is 0.187. The summed E-state index contributed by atoms with van der Waals surface area (Å²) >= 11 is 0. The Balaban J connectivity index is 1.09. The summed E-state index contributed by atoms with van der Waals surface area (Å²) in [5.74, 6) is 0.906. The molecule has 3 aromatic heterocycles. The first-order valence-corrected chi connectivity index (χ1v) is 18.8. The molecule has 0 bridgehead atoms. The summed E-state index contributed by atoms with van der Waals surface area (Å²) in [7, 11) is 0.